The molecule has 0 aromatic heterocycles. The van der Waals surface area contributed by atoms with Gasteiger partial charge in [0.05, 0.1) is 0 Å². The first kappa shape index (κ1) is 28.9. The number of hydrogen-bond acceptors (Lipinski definition) is 1. The molecule has 168 valence electrons. The molecular formula is C27H49NW. The van der Waals surface area contributed by atoms with Gasteiger partial charge in [-0.2, -0.15) is 0 Å². The van der Waals surface area contributed by atoms with Crippen molar-refractivity contribution in [2.45, 2.75) is 113 Å². The maximum atomic E-state index is 2.69. The Balaban J connectivity index is 0.00000148. The van der Waals surface area contributed by atoms with Crippen LogP contribution in [0.25, 0.3) is 0 Å². The topological polar surface area (TPSA) is 3.24 Å². The zero-order valence-electron chi connectivity index (χ0n) is 21.9. The second kappa shape index (κ2) is 9.99. The maximum Gasteiger partial charge on any atom is 0.0221 e. The summed E-state index contributed by atoms with van der Waals surface area (Å²) in [7, 11) is 2.36. The number of benzene rings is 1. The molecule has 1 heterocycles. The van der Waals surface area contributed by atoms with Gasteiger partial charge in [0.15, 0.2) is 0 Å². The molecule has 29 heavy (non-hydrogen) atoms. The van der Waals surface area contributed by atoms with Crippen molar-refractivity contribution in [1.82, 2.24) is 4.90 Å². The number of likely N-dealkylation sites (tertiary alicyclic amines) is 1. The largest absolute Gasteiger partial charge is 0.299 e. The average Bonchev–Trinajstić information content (AvgIpc) is 2.62. The minimum Gasteiger partial charge on any atom is -0.299 e. The standard InChI is InChI=1S/C23H37N.2C2H6.W/c1-14-12-11-13-18-15(2)20-22(8,9)23(19(14)18,21(5,6)7)16(3)17(4)24(20)10;2*1-2;/h11-13,15-17,20H,1-10H3;2*1-2H3;/t15?,16?,17?,20-,23+;;;/m1.../s1. The summed E-state index contributed by atoms with van der Waals surface area (Å²) in [6, 6.07) is 8.19. The molecule has 3 unspecified atom stereocenters. The average molecular weight is 572 g/mol. The molecule has 3 rings (SSSR count). The van der Waals surface area contributed by atoms with Crippen molar-refractivity contribution in [3.05, 3.63) is 34.9 Å². The molecule has 1 aromatic carbocycles. The fraction of sp³-hybridized carbons (Fsp3) is 0.778. The van der Waals surface area contributed by atoms with Crippen molar-refractivity contribution in [2.75, 3.05) is 7.05 Å². The molecular weight excluding hydrogens is 522 g/mol. The van der Waals surface area contributed by atoms with Gasteiger partial charge in [-0.3, -0.25) is 4.90 Å². The van der Waals surface area contributed by atoms with Crippen LogP contribution in [0.5, 0.6) is 0 Å². The van der Waals surface area contributed by atoms with Crippen LogP contribution in [0.1, 0.15) is 106 Å². The Morgan fingerprint density at radius 1 is 0.931 bits per heavy atom. The summed E-state index contributed by atoms with van der Waals surface area (Å²) in [6.07, 6.45) is 0. The zero-order valence-corrected chi connectivity index (χ0v) is 24.8. The van der Waals surface area contributed by atoms with Crippen LogP contribution in [0.15, 0.2) is 18.2 Å². The van der Waals surface area contributed by atoms with Gasteiger partial charge in [0, 0.05) is 38.6 Å². The summed E-state index contributed by atoms with van der Waals surface area (Å²) in [5.74, 6) is 1.19. The van der Waals surface area contributed by atoms with Gasteiger partial charge >= 0.3 is 0 Å². The Morgan fingerprint density at radius 3 is 1.86 bits per heavy atom. The van der Waals surface area contributed by atoms with Gasteiger partial charge < -0.3 is 0 Å². The van der Waals surface area contributed by atoms with Gasteiger partial charge in [-0.05, 0) is 60.3 Å². The minimum atomic E-state index is 0. The second-order valence-electron chi connectivity index (χ2n) is 10.2. The molecule has 0 radical (unpaired) electrons. The number of aryl methyl sites for hydroxylation is 1. The van der Waals surface area contributed by atoms with Gasteiger partial charge in [-0.1, -0.05) is 94.4 Å². The summed E-state index contributed by atoms with van der Waals surface area (Å²) in [5, 5.41) is 0. The Morgan fingerprint density at radius 2 is 1.41 bits per heavy atom. The molecule has 2 bridgehead atoms. The second-order valence-corrected chi connectivity index (χ2v) is 10.2. The summed E-state index contributed by atoms with van der Waals surface area (Å²) < 4.78 is 0. The molecule has 5 atom stereocenters. The fourth-order valence-corrected chi connectivity index (χ4v) is 7.63. The van der Waals surface area contributed by atoms with E-state index in [1.165, 1.54) is 5.56 Å². The van der Waals surface area contributed by atoms with Crippen LogP contribution in [0.2, 0.25) is 0 Å². The van der Waals surface area contributed by atoms with E-state index >= 15 is 0 Å². The molecule has 2 heteroatoms. The molecule has 1 aliphatic heterocycles. The zero-order chi connectivity index (χ0) is 22.2. The van der Waals surface area contributed by atoms with Crippen LogP contribution < -0.4 is 0 Å². The summed E-state index contributed by atoms with van der Waals surface area (Å²) in [4.78, 5) is 2.69. The van der Waals surface area contributed by atoms with Crippen LogP contribution in [0.4, 0.5) is 0 Å². The molecule has 1 aromatic rings. The van der Waals surface area contributed by atoms with Gasteiger partial charge in [0.1, 0.15) is 0 Å². The van der Waals surface area contributed by atoms with E-state index in [1.54, 1.807) is 11.1 Å². The Labute approximate surface area is 197 Å². The summed E-state index contributed by atoms with van der Waals surface area (Å²) in [6.45, 7) is 30.3. The smallest absolute Gasteiger partial charge is 0.0221 e. The number of hydrogen-bond donors (Lipinski definition) is 0. The van der Waals surface area contributed by atoms with E-state index in [0.717, 1.165) is 0 Å². The Hall–Kier alpha value is -0.132. The Kier molecular flexibility index (Phi) is 9.95. The van der Waals surface area contributed by atoms with E-state index in [2.05, 4.69) is 92.5 Å². The SMILES string of the molecule is CC.CC.Cc1cccc2c1[C@]1(C(C)(C)C)C(C)C(C)N(C)[C@H](C2C)C1(C)C.[W]. The molecule has 0 saturated carbocycles. The van der Waals surface area contributed by atoms with Gasteiger partial charge in [0.25, 0.3) is 0 Å². The maximum absolute atomic E-state index is 2.69. The van der Waals surface area contributed by atoms with E-state index in [4.69, 9.17) is 0 Å². The molecule has 0 N–H and O–H groups in total. The number of nitrogens with zero attached hydrogens (tertiary/aromatic N) is 1. The van der Waals surface area contributed by atoms with Crippen LogP contribution in [-0.2, 0) is 26.5 Å². The van der Waals surface area contributed by atoms with Crippen LogP contribution >= 0.6 is 0 Å². The number of likely N-dealkylation sites (N-methyl/N-ethyl adjacent to an activating group) is 1. The van der Waals surface area contributed by atoms with Crippen molar-refractivity contribution < 1.29 is 21.1 Å². The quantitative estimate of drug-likeness (QED) is 0.307. The van der Waals surface area contributed by atoms with Crippen molar-refractivity contribution in [3.8, 4) is 0 Å². The Bertz CT molecular complexity index is 657. The van der Waals surface area contributed by atoms with Crippen molar-refractivity contribution in [1.29, 1.82) is 0 Å². The van der Waals surface area contributed by atoms with Crippen molar-refractivity contribution in [3.63, 3.8) is 0 Å². The molecule has 1 saturated heterocycles. The third-order valence-corrected chi connectivity index (χ3v) is 8.09. The third-order valence-electron chi connectivity index (χ3n) is 8.09. The van der Waals surface area contributed by atoms with E-state index in [-0.39, 0.29) is 37.3 Å². The van der Waals surface area contributed by atoms with Crippen molar-refractivity contribution in [2.24, 2.45) is 16.7 Å². The molecule has 2 aliphatic rings. The van der Waals surface area contributed by atoms with E-state index < -0.39 is 0 Å². The van der Waals surface area contributed by atoms with Crippen LogP contribution in [0, 0.1) is 23.7 Å². The first-order valence-corrected chi connectivity index (χ1v) is 11.7. The monoisotopic (exact) mass is 571 g/mol. The van der Waals surface area contributed by atoms with E-state index in [1.807, 2.05) is 27.7 Å². The number of rotatable bonds is 0. The molecule has 1 aliphatic carbocycles. The van der Waals surface area contributed by atoms with Crippen LogP contribution in [0.3, 0.4) is 0 Å². The summed E-state index contributed by atoms with van der Waals surface area (Å²) >= 11 is 0. The van der Waals surface area contributed by atoms with Gasteiger partial charge in [-0.25, -0.2) is 0 Å². The first-order chi connectivity index (χ1) is 12.9. The number of piperidine rings is 1. The normalized spacial score (nSPS) is 32.5. The molecule has 0 amide bonds. The van der Waals surface area contributed by atoms with Gasteiger partial charge in [0.2, 0.25) is 0 Å². The summed E-state index contributed by atoms with van der Waals surface area (Å²) in [5.41, 5.74) is 5.38. The fourth-order valence-electron chi connectivity index (χ4n) is 7.63. The molecule has 1 fully saturated rings. The molecule has 0 spiro atoms. The molecule has 1 nitrogen and oxygen atoms in total. The van der Waals surface area contributed by atoms with E-state index in [9.17, 15) is 0 Å². The minimum absolute atomic E-state index is 0. The first-order valence-electron chi connectivity index (χ1n) is 11.7. The van der Waals surface area contributed by atoms with E-state index in [0.29, 0.717) is 23.9 Å². The predicted molar refractivity (Wildman–Crippen MR) is 127 cm³/mol. The third kappa shape index (κ3) is 3.82. The predicted octanol–water partition coefficient (Wildman–Crippen LogP) is 7.81. The van der Waals surface area contributed by atoms with Crippen molar-refractivity contribution >= 4 is 0 Å². The number of fused-ring (bicyclic) bond motifs is 4. The van der Waals surface area contributed by atoms with Gasteiger partial charge in [-0.15, -0.1) is 0 Å². The van der Waals surface area contributed by atoms with Crippen LogP contribution in [-0.4, -0.2) is 24.0 Å².